The fourth-order valence-corrected chi connectivity index (χ4v) is 3.62. The van der Waals surface area contributed by atoms with E-state index in [0.29, 0.717) is 22.9 Å². The van der Waals surface area contributed by atoms with Gasteiger partial charge in [-0.25, -0.2) is 4.39 Å². The second-order valence-corrected chi connectivity index (χ2v) is 6.86. The Kier molecular flexibility index (Phi) is 4.83. The van der Waals surface area contributed by atoms with Crippen LogP contribution in [0.15, 0.2) is 48.5 Å². The van der Waals surface area contributed by atoms with Gasteiger partial charge in [0, 0.05) is 29.6 Å². The molecule has 1 aliphatic heterocycles. The fourth-order valence-electron chi connectivity index (χ4n) is 3.62. The average Bonchev–Trinajstić information content (AvgIpc) is 3.23. The number of halogens is 1. The van der Waals surface area contributed by atoms with Crippen molar-refractivity contribution in [3.63, 3.8) is 0 Å². The highest BCUT2D eigenvalue weighted by Gasteiger charge is 2.34. The van der Waals surface area contributed by atoms with Gasteiger partial charge in [0.25, 0.3) is 0 Å². The third-order valence-corrected chi connectivity index (χ3v) is 5.01. The molecule has 3 aromatic rings. The van der Waals surface area contributed by atoms with Crippen molar-refractivity contribution in [2.24, 2.45) is 0 Å². The SMILES string of the molecule is O=C(CCc1c(-c2ccccc2)[nH]c2cccc(F)c12)N[C@@H]1C(=O)NC[C@H]1O. The number of fused-ring (bicyclic) bond motifs is 1. The van der Waals surface area contributed by atoms with Gasteiger partial charge in [-0.15, -0.1) is 0 Å². The number of β-amino-alcohol motifs (C(OH)–C–C–N with tert-alkyl or cyclic N) is 1. The average molecular weight is 381 g/mol. The monoisotopic (exact) mass is 381 g/mol. The van der Waals surface area contributed by atoms with Crippen LogP contribution in [0.2, 0.25) is 0 Å². The molecule has 2 atom stereocenters. The van der Waals surface area contributed by atoms with Crippen molar-refractivity contribution < 1.29 is 19.1 Å². The van der Waals surface area contributed by atoms with E-state index < -0.39 is 18.1 Å². The lowest BCUT2D eigenvalue weighted by molar-refractivity contribution is -0.128. The van der Waals surface area contributed by atoms with Crippen molar-refractivity contribution in [2.75, 3.05) is 6.54 Å². The van der Waals surface area contributed by atoms with Gasteiger partial charge in [0.1, 0.15) is 18.0 Å². The summed E-state index contributed by atoms with van der Waals surface area (Å²) in [6.45, 7) is 0.121. The second kappa shape index (κ2) is 7.44. The minimum Gasteiger partial charge on any atom is -0.389 e. The minimum atomic E-state index is -0.944. The molecule has 4 rings (SSSR count). The molecular weight excluding hydrogens is 361 g/mol. The molecule has 1 aromatic heterocycles. The normalized spacial score (nSPS) is 19.0. The Bertz CT molecular complexity index is 1030. The quantitative estimate of drug-likeness (QED) is 0.544. The van der Waals surface area contributed by atoms with Gasteiger partial charge < -0.3 is 20.7 Å². The number of nitrogens with one attached hydrogen (secondary N) is 3. The van der Waals surface area contributed by atoms with E-state index in [1.807, 2.05) is 30.3 Å². The van der Waals surface area contributed by atoms with E-state index in [9.17, 15) is 19.1 Å². The van der Waals surface area contributed by atoms with Gasteiger partial charge in [-0.1, -0.05) is 36.4 Å². The van der Waals surface area contributed by atoms with Gasteiger partial charge in [-0.05, 0) is 29.7 Å². The van der Waals surface area contributed by atoms with Crippen molar-refractivity contribution in [2.45, 2.75) is 25.0 Å². The molecule has 1 saturated heterocycles. The summed E-state index contributed by atoms with van der Waals surface area (Å²) in [7, 11) is 0. The molecular formula is C21H20FN3O3. The number of H-pyrrole nitrogens is 1. The van der Waals surface area contributed by atoms with Crippen molar-refractivity contribution in [3.8, 4) is 11.3 Å². The molecule has 2 aromatic carbocycles. The molecule has 2 amide bonds. The first kappa shape index (κ1) is 18.2. The van der Waals surface area contributed by atoms with Crippen LogP contribution < -0.4 is 10.6 Å². The van der Waals surface area contributed by atoms with Crippen LogP contribution in [0.5, 0.6) is 0 Å². The van der Waals surface area contributed by atoms with Crippen LogP contribution >= 0.6 is 0 Å². The Balaban J connectivity index is 1.61. The maximum atomic E-state index is 14.5. The maximum absolute atomic E-state index is 14.5. The fraction of sp³-hybridized carbons (Fsp3) is 0.238. The number of hydrogen-bond acceptors (Lipinski definition) is 3. The third-order valence-electron chi connectivity index (χ3n) is 5.01. The van der Waals surface area contributed by atoms with Crippen LogP contribution in [0.1, 0.15) is 12.0 Å². The lowest BCUT2D eigenvalue weighted by atomic mass is 10.0. The Morgan fingerprint density at radius 2 is 1.96 bits per heavy atom. The predicted molar refractivity (Wildman–Crippen MR) is 103 cm³/mol. The number of hydrogen-bond donors (Lipinski definition) is 4. The van der Waals surface area contributed by atoms with E-state index in [2.05, 4.69) is 15.6 Å². The zero-order chi connectivity index (χ0) is 19.7. The standard InChI is InChI=1S/C21H20FN3O3/c22-14-7-4-8-15-18(14)13(19(24-15)12-5-2-1-3-6-12)9-10-17(27)25-20-16(26)11-23-21(20)28/h1-8,16,20,24,26H,9-11H2,(H,23,28)(H,25,27)/t16-,20+/m1/s1. The summed E-state index contributed by atoms with van der Waals surface area (Å²) >= 11 is 0. The van der Waals surface area contributed by atoms with E-state index in [1.165, 1.54) is 6.07 Å². The molecule has 4 N–H and O–H groups in total. The highest BCUT2D eigenvalue weighted by Crippen LogP contribution is 2.32. The summed E-state index contributed by atoms with van der Waals surface area (Å²) in [5.74, 6) is -1.12. The third kappa shape index (κ3) is 3.36. The first-order chi connectivity index (χ1) is 13.5. The molecule has 7 heteroatoms. The summed E-state index contributed by atoms with van der Waals surface area (Å²) in [6, 6.07) is 13.4. The molecule has 0 saturated carbocycles. The van der Waals surface area contributed by atoms with Crippen molar-refractivity contribution >= 4 is 22.7 Å². The van der Waals surface area contributed by atoms with Gasteiger partial charge in [-0.3, -0.25) is 9.59 Å². The Hall–Kier alpha value is -3.19. The molecule has 2 heterocycles. The van der Waals surface area contributed by atoms with Crippen LogP contribution in [0, 0.1) is 5.82 Å². The smallest absolute Gasteiger partial charge is 0.245 e. The van der Waals surface area contributed by atoms with Crippen LogP contribution in [0.4, 0.5) is 4.39 Å². The highest BCUT2D eigenvalue weighted by atomic mass is 19.1. The van der Waals surface area contributed by atoms with Gasteiger partial charge in [0.05, 0.1) is 0 Å². The first-order valence-electron chi connectivity index (χ1n) is 9.14. The molecule has 1 fully saturated rings. The van der Waals surface area contributed by atoms with E-state index in [0.717, 1.165) is 11.3 Å². The van der Waals surface area contributed by atoms with Gasteiger partial charge >= 0.3 is 0 Å². The molecule has 28 heavy (non-hydrogen) atoms. The summed E-state index contributed by atoms with van der Waals surface area (Å²) in [5, 5.41) is 15.3. The number of carbonyl (C=O) groups is 2. The van der Waals surface area contributed by atoms with E-state index in [-0.39, 0.29) is 24.7 Å². The van der Waals surface area contributed by atoms with Crippen molar-refractivity contribution in [3.05, 3.63) is 59.9 Å². The van der Waals surface area contributed by atoms with Crippen LogP contribution in [-0.2, 0) is 16.0 Å². The number of carbonyl (C=O) groups excluding carboxylic acids is 2. The lowest BCUT2D eigenvalue weighted by Gasteiger charge is -2.14. The highest BCUT2D eigenvalue weighted by molar-refractivity contribution is 5.93. The van der Waals surface area contributed by atoms with Crippen LogP contribution in [0.25, 0.3) is 22.2 Å². The van der Waals surface area contributed by atoms with Crippen LogP contribution in [-0.4, -0.2) is 40.6 Å². The van der Waals surface area contributed by atoms with Gasteiger partial charge in [0.15, 0.2) is 0 Å². The summed E-state index contributed by atoms with van der Waals surface area (Å²) in [4.78, 5) is 27.3. The summed E-state index contributed by atoms with van der Waals surface area (Å²) < 4.78 is 14.5. The maximum Gasteiger partial charge on any atom is 0.245 e. The molecule has 6 nitrogen and oxygen atoms in total. The zero-order valence-electron chi connectivity index (χ0n) is 15.0. The molecule has 0 aliphatic carbocycles. The van der Waals surface area contributed by atoms with Crippen molar-refractivity contribution in [1.82, 2.24) is 15.6 Å². The van der Waals surface area contributed by atoms with E-state index in [1.54, 1.807) is 12.1 Å². The minimum absolute atomic E-state index is 0.0671. The topological polar surface area (TPSA) is 94.2 Å². The number of aryl methyl sites for hydroxylation is 1. The number of aromatic amines is 1. The Morgan fingerprint density at radius 3 is 2.68 bits per heavy atom. The van der Waals surface area contributed by atoms with Gasteiger partial charge in [-0.2, -0.15) is 0 Å². The predicted octanol–water partition coefficient (Wildman–Crippen LogP) is 1.88. The van der Waals surface area contributed by atoms with E-state index in [4.69, 9.17) is 0 Å². The zero-order valence-corrected chi connectivity index (χ0v) is 15.0. The largest absolute Gasteiger partial charge is 0.389 e. The number of aromatic nitrogens is 1. The van der Waals surface area contributed by atoms with E-state index >= 15 is 0 Å². The Labute approximate surface area is 160 Å². The van der Waals surface area contributed by atoms with Gasteiger partial charge in [0.2, 0.25) is 11.8 Å². The molecule has 0 radical (unpaired) electrons. The number of aliphatic hydroxyl groups excluding tert-OH is 1. The molecule has 0 bridgehead atoms. The molecule has 1 aliphatic rings. The van der Waals surface area contributed by atoms with Crippen LogP contribution in [0.3, 0.4) is 0 Å². The number of benzene rings is 2. The number of rotatable bonds is 5. The second-order valence-electron chi connectivity index (χ2n) is 6.86. The molecule has 0 spiro atoms. The summed E-state index contributed by atoms with van der Waals surface area (Å²) in [6.07, 6.45) is -0.583. The number of aliphatic hydroxyl groups is 1. The Morgan fingerprint density at radius 1 is 1.18 bits per heavy atom. The lowest BCUT2D eigenvalue weighted by Crippen LogP contribution is -2.45. The summed E-state index contributed by atoms with van der Waals surface area (Å²) in [5.41, 5.74) is 3.05. The molecule has 0 unspecified atom stereocenters. The van der Waals surface area contributed by atoms with Crippen molar-refractivity contribution in [1.29, 1.82) is 0 Å². The first-order valence-corrected chi connectivity index (χ1v) is 9.14. The number of amides is 2. The molecule has 144 valence electrons.